The molecule has 110 valence electrons. The van der Waals surface area contributed by atoms with E-state index >= 15 is 0 Å². The Labute approximate surface area is 133 Å². The highest BCUT2D eigenvalue weighted by atomic mass is 16.5. The van der Waals surface area contributed by atoms with Crippen molar-refractivity contribution in [3.63, 3.8) is 0 Å². The van der Waals surface area contributed by atoms with Crippen molar-refractivity contribution < 1.29 is 4.74 Å². The molecule has 0 fully saturated rings. The van der Waals surface area contributed by atoms with Gasteiger partial charge in [0.15, 0.2) is 0 Å². The Balaban J connectivity index is 2.01. The Morgan fingerprint density at radius 1 is 1.17 bits per heavy atom. The summed E-state index contributed by atoms with van der Waals surface area (Å²) in [6.45, 7) is 0. The fourth-order valence-corrected chi connectivity index (χ4v) is 2.22. The first-order valence-electron chi connectivity index (χ1n) is 6.89. The van der Waals surface area contributed by atoms with Crippen molar-refractivity contribution in [1.29, 1.82) is 10.5 Å². The number of hydrogen-bond acceptors (Lipinski definition) is 4. The molecule has 0 amide bonds. The van der Waals surface area contributed by atoms with Crippen molar-refractivity contribution in [2.45, 2.75) is 0 Å². The molecule has 1 aromatic heterocycles. The molecule has 0 saturated heterocycles. The number of ether oxygens (including phenoxy) is 1. The number of aromatic amines is 1. The summed E-state index contributed by atoms with van der Waals surface area (Å²) in [7, 11) is 1.60. The van der Waals surface area contributed by atoms with Crippen LogP contribution in [0, 0.1) is 22.7 Å². The summed E-state index contributed by atoms with van der Waals surface area (Å²) >= 11 is 0. The molecule has 0 saturated carbocycles. The lowest BCUT2D eigenvalue weighted by Gasteiger charge is -1.97. The third-order valence-corrected chi connectivity index (χ3v) is 3.42. The van der Waals surface area contributed by atoms with E-state index in [9.17, 15) is 5.26 Å². The molecular formula is C18H12N4O. The van der Waals surface area contributed by atoms with Crippen LogP contribution in [0.15, 0.2) is 42.5 Å². The molecule has 23 heavy (non-hydrogen) atoms. The minimum atomic E-state index is 0.421. The third-order valence-electron chi connectivity index (χ3n) is 3.42. The van der Waals surface area contributed by atoms with Crippen molar-refractivity contribution >= 4 is 22.7 Å². The lowest BCUT2D eigenvalue weighted by atomic mass is 10.1. The molecular weight excluding hydrogens is 288 g/mol. The van der Waals surface area contributed by atoms with Gasteiger partial charge in [0.1, 0.15) is 17.6 Å². The zero-order valence-electron chi connectivity index (χ0n) is 12.4. The van der Waals surface area contributed by atoms with Crippen LogP contribution in [0.1, 0.15) is 17.0 Å². The third kappa shape index (κ3) is 2.90. The van der Waals surface area contributed by atoms with Gasteiger partial charge in [0, 0.05) is 6.07 Å². The maximum absolute atomic E-state index is 9.41. The first-order valence-corrected chi connectivity index (χ1v) is 6.89. The van der Waals surface area contributed by atoms with Crippen LogP contribution in [0.3, 0.4) is 0 Å². The van der Waals surface area contributed by atoms with Crippen molar-refractivity contribution in [2.75, 3.05) is 7.11 Å². The first-order chi connectivity index (χ1) is 11.2. The number of allylic oxidation sites excluding steroid dienone is 1. The molecule has 0 atom stereocenters. The second-order valence-electron chi connectivity index (χ2n) is 4.87. The van der Waals surface area contributed by atoms with Crippen molar-refractivity contribution in [2.24, 2.45) is 0 Å². The maximum Gasteiger partial charge on any atom is 0.149 e. The van der Waals surface area contributed by atoms with E-state index in [0.29, 0.717) is 17.0 Å². The maximum atomic E-state index is 9.41. The molecule has 1 N–H and O–H groups in total. The minimum Gasteiger partial charge on any atom is -0.497 e. The molecule has 5 nitrogen and oxygen atoms in total. The molecule has 0 spiro atoms. The van der Waals surface area contributed by atoms with E-state index in [4.69, 9.17) is 10.00 Å². The van der Waals surface area contributed by atoms with E-state index in [1.54, 1.807) is 37.5 Å². The SMILES string of the molecule is COc1ccc2nc(/C(C#N)=C\c3ccc(C#N)cc3)[nH]c2c1. The summed E-state index contributed by atoms with van der Waals surface area (Å²) in [5, 5.41) is 18.2. The molecule has 3 aromatic rings. The van der Waals surface area contributed by atoms with Crippen LogP contribution in [0.25, 0.3) is 22.7 Å². The predicted octanol–water partition coefficient (Wildman–Crippen LogP) is 3.51. The van der Waals surface area contributed by atoms with Gasteiger partial charge in [-0.15, -0.1) is 0 Å². The molecule has 5 heteroatoms. The van der Waals surface area contributed by atoms with Crippen molar-refractivity contribution in [1.82, 2.24) is 9.97 Å². The van der Waals surface area contributed by atoms with E-state index in [-0.39, 0.29) is 0 Å². The van der Waals surface area contributed by atoms with Gasteiger partial charge >= 0.3 is 0 Å². The van der Waals surface area contributed by atoms with Crippen LogP contribution in [0.5, 0.6) is 5.75 Å². The van der Waals surface area contributed by atoms with Gasteiger partial charge in [-0.3, -0.25) is 0 Å². The molecule has 0 aliphatic heterocycles. The number of nitriles is 2. The van der Waals surface area contributed by atoms with Gasteiger partial charge in [-0.1, -0.05) is 12.1 Å². The van der Waals surface area contributed by atoms with Crippen molar-refractivity contribution in [3.8, 4) is 17.9 Å². The number of aromatic nitrogens is 2. The number of hydrogen-bond donors (Lipinski definition) is 1. The normalized spacial score (nSPS) is 11.0. The molecule has 0 unspecified atom stereocenters. The standard InChI is InChI=1S/C18H12N4O/c1-23-15-6-7-16-17(9-15)22-18(21-16)14(11-20)8-12-2-4-13(10-19)5-3-12/h2-9H,1H3,(H,21,22)/b14-8-. The average molecular weight is 300 g/mol. The van der Waals surface area contributed by atoms with E-state index in [0.717, 1.165) is 22.3 Å². The summed E-state index contributed by atoms with van der Waals surface area (Å²) in [5.74, 6) is 1.22. The quantitative estimate of drug-likeness (QED) is 0.750. The van der Waals surface area contributed by atoms with Gasteiger partial charge in [0.2, 0.25) is 0 Å². The smallest absolute Gasteiger partial charge is 0.149 e. The second kappa shape index (κ2) is 6.05. The van der Waals surface area contributed by atoms with Crippen LogP contribution < -0.4 is 4.74 Å². The number of imidazole rings is 1. The molecule has 3 rings (SSSR count). The van der Waals surface area contributed by atoms with E-state index < -0.39 is 0 Å². The lowest BCUT2D eigenvalue weighted by molar-refractivity contribution is 0.415. The monoisotopic (exact) mass is 300 g/mol. The van der Waals surface area contributed by atoms with Crippen LogP contribution in [0.4, 0.5) is 0 Å². The number of methoxy groups -OCH3 is 1. The molecule has 0 bridgehead atoms. The van der Waals surface area contributed by atoms with Crippen LogP contribution >= 0.6 is 0 Å². The fourth-order valence-electron chi connectivity index (χ4n) is 2.22. The summed E-state index contributed by atoms with van der Waals surface area (Å²) < 4.78 is 5.18. The Hall–Kier alpha value is -3.57. The number of rotatable bonds is 3. The van der Waals surface area contributed by atoms with Gasteiger partial charge in [-0.05, 0) is 35.9 Å². The van der Waals surface area contributed by atoms with E-state index in [1.165, 1.54) is 0 Å². The highest BCUT2D eigenvalue weighted by Gasteiger charge is 2.08. The van der Waals surface area contributed by atoms with Gasteiger partial charge < -0.3 is 9.72 Å². The summed E-state index contributed by atoms with van der Waals surface area (Å²) in [6.07, 6.45) is 1.73. The van der Waals surface area contributed by atoms with Gasteiger partial charge in [0.05, 0.1) is 35.3 Å². The Bertz CT molecular complexity index is 969. The Morgan fingerprint density at radius 3 is 2.61 bits per heavy atom. The lowest BCUT2D eigenvalue weighted by Crippen LogP contribution is -1.85. The molecule has 0 aliphatic rings. The van der Waals surface area contributed by atoms with Crippen LogP contribution in [-0.4, -0.2) is 17.1 Å². The highest BCUT2D eigenvalue weighted by Crippen LogP contribution is 2.22. The predicted molar refractivity (Wildman–Crippen MR) is 87.3 cm³/mol. The zero-order valence-corrected chi connectivity index (χ0v) is 12.4. The number of fused-ring (bicyclic) bond motifs is 1. The average Bonchev–Trinajstić information content (AvgIpc) is 3.02. The number of benzene rings is 2. The van der Waals surface area contributed by atoms with Crippen LogP contribution in [0.2, 0.25) is 0 Å². The summed E-state index contributed by atoms with van der Waals surface area (Å²) in [6, 6.07) is 16.7. The van der Waals surface area contributed by atoms with Gasteiger partial charge in [-0.25, -0.2) is 4.98 Å². The molecule has 2 aromatic carbocycles. The summed E-state index contributed by atoms with van der Waals surface area (Å²) in [5.41, 5.74) is 3.40. The topological polar surface area (TPSA) is 85.5 Å². The number of H-pyrrole nitrogens is 1. The molecule has 1 heterocycles. The zero-order chi connectivity index (χ0) is 16.2. The van der Waals surface area contributed by atoms with Crippen LogP contribution in [-0.2, 0) is 0 Å². The fraction of sp³-hybridized carbons (Fsp3) is 0.0556. The number of nitrogens with one attached hydrogen (secondary N) is 1. The van der Waals surface area contributed by atoms with E-state index in [1.807, 2.05) is 18.2 Å². The molecule has 0 aliphatic carbocycles. The Kier molecular flexibility index (Phi) is 3.78. The second-order valence-corrected chi connectivity index (χ2v) is 4.87. The first kappa shape index (κ1) is 14.4. The number of nitrogens with zero attached hydrogens (tertiary/aromatic N) is 3. The highest BCUT2D eigenvalue weighted by molar-refractivity contribution is 5.90. The van der Waals surface area contributed by atoms with Crippen molar-refractivity contribution in [3.05, 3.63) is 59.4 Å². The van der Waals surface area contributed by atoms with Gasteiger partial charge in [-0.2, -0.15) is 10.5 Å². The largest absolute Gasteiger partial charge is 0.497 e. The minimum absolute atomic E-state index is 0.421. The van der Waals surface area contributed by atoms with E-state index in [2.05, 4.69) is 22.1 Å². The molecule has 0 radical (unpaired) electrons. The van der Waals surface area contributed by atoms with Gasteiger partial charge in [0.25, 0.3) is 0 Å². The Morgan fingerprint density at radius 2 is 1.96 bits per heavy atom. The summed E-state index contributed by atoms with van der Waals surface area (Å²) in [4.78, 5) is 7.56.